The van der Waals surface area contributed by atoms with Crippen LogP contribution >= 0.6 is 0 Å². The zero-order valence-corrected chi connectivity index (χ0v) is 9.51. The Labute approximate surface area is 88.7 Å². The van der Waals surface area contributed by atoms with Crippen molar-refractivity contribution in [2.45, 2.75) is 26.3 Å². The van der Waals surface area contributed by atoms with Crippen molar-refractivity contribution >= 4 is 11.4 Å². The molecule has 82 valence electrons. The van der Waals surface area contributed by atoms with Crippen LogP contribution in [0.1, 0.15) is 20.3 Å². The molecule has 0 aliphatic rings. The summed E-state index contributed by atoms with van der Waals surface area (Å²) in [6, 6.07) is 0.0574. The average Bonchev–Trinajstić information content (AvgIpc) is 2.16. The summed E-state index contributed by atoms with van der Waals surface area (Å²) in [5.74, 6) is 0. The lowest BCUT2D eigenvalue weighted by molar-refractivity contribution is 0.565. The molecule has 0 heterocycles. The van der Waals surface area contributed by atoms with Crippen molar-refractivity contribution in [1.82, 2.24) is 5.32 Å². The van der Waals surface area contributed by atoms with Crippen LogP contribution in [0.25, 0.3) is 0 Å². The lowest BCUT2D eigenvalue weighted by Gasteiger charge is -2.17. The first-order chi connectivity index (χ1) is 6.67. The summed E-state index contributed by atoms with van der Waals surface area (Å²) in [5.41, 5.74) is 5.21. The molecule has 0 rings (SSSR count). The molecule has 0 aromatic heterocycles. The van der Waals surface area contributed by atoms with Gasteiger partial charge in [0.25, 0.3) is 0 Å². The first kappa shape index (κ1) is 13.5. The fraction of sp³-hybridized carbons (Fsp3) is 0.556. The molecule has 0 radical (unpaired) electrons. The predicted octanol–water partition coefficient (Wildman–Crippen LogP) is 0.353. The normalized spacial score (nSPS) is 17.3. The summed E-state index contributed by atoms with van der Waals surface area (Å²) in [5, 5.41) is 8.58. The monoisotopic (exact) mass is 217 g/mol. The van der Waals surface area contributed by atoms with E-state index in [1.165, 1.54) is 6.20 Å². The summed E-state index contributed by atoms with van der Waals surface area (Å²) in [6.07, 6.45) is 5.58. The molecule has 0 aromatic carbocycles. The molecular weight excluding hydrogens is 198 g/mol. The molecular formula is C9H19N3OS. The van der Waals surface area contributed by atoms with Crippen LogP contribution in [-0.4, -0.2) is 17.1 Å². The van der Waals surface area contributed by atoms with E-state index in [1.54, 1.807) is 12.2 Å². The fourth-order valence-electron chi connectivity index (χ4n) is 1.17. The molecule has 0 fully saturated rings. The molecule has 14 heavy (non-hydrogen) atoms. The van der Waals surface area contributed by atoms with Gasteiger partial charge in [0.1, 0.15) is 0 Å². The summed E-state index contributed by atoms with van der Waals surface area (Å²) in [7, 11) is 0. The highest BCUT2D eigenvalue weighted by molar-refractivity contribution is 7.93. The number of nitrogens with one attached hydrogen (secondary N) is 1. The third kappa shape index (κ3) is 4.66. The minimum atomic E-state index is -1.44. The van der Waals surface area contributed by atoms with E-state index in [0.717, 1.165) is 13.0 Å². The molecule has 0 saturated carbocycles. The Morgan fingerprint density at radius 3 is 2.57 bits per heavy atom. The molecule has 5 heteroatoms. The molecule has 2 unspecified atom stereocenters. The maximum Gasteiger partial charge on any atom is 0.167 e. The van der Waals surface area contributed by atoms with Crippen molar-refractivity contribution in [3.63, 3.8) is 0 Å². The Kier molecular flexibility index (Phi) is 7.60. The van der Waals surface area contributed by atoms with E-state index in [4.69, 9.17) is 10.9 Å². The number of nitrogens with two attached hydrogens (primary N) is 2. The van der Waals surface area contributed by atoms with E-state index >= 15 is 0 Å². The standard InChI is InChI=1S/C9H19N3OS/c1-3-8(12-4-2)9(14(11)13)6-5-7-10/h5-8,12H,3-4,10-11H2,1-2H3/b7-5-,9-6+. The van der Waals surface area contributed by atoms with Gasteiger partial charge in [-0.2, -0.15) is 0 Å². The molecule has 0 spiro atoms. The van der Waals surface area contributed by atoms with E-state index in [9.17, 15) is 4.55 Å². The molecule has 0 aliphatic heterocycles. The zero-order chi connectivity index (χ0) is 11.0. The van der Waals surface area contributed by atoms with Crippen LogP contribution < -0.4 is 16.2 Å². The number of likely N-dealkylation sites (N-methyl/N-ethyl adjacent to an activating group) is 1. The summed E-state index contributed by atoms with van der Waals surface area (Å²) in [6.45, 7) is 4.83. The van der Waals surface area contributed by atoms with Crippen molar-refractivity contribution in [3.05, 3.63) is 23.3 Å². The van der Waals surface area contributed by atoms with Gasteiger partial charge in [-0.15, -0.1) is 5.14 Å². The highest BCUT2D eigenvalue weighted by Crippen LogP contribution is 2.11. The predicted molar refractivity (Wildman–Crippen MR) is 61.5 cm³/mol. The molecule has 0 aliphatic carbocycles. The Balaban J connectivity index is 4.59. The van der Waals surface area contributed by atoms with E-state index < -0.39 is 11.4 Å². The Morgan fingerprint density at radius 2 is 2.21 bits per heavy atom. The van der Waals surface area contributed by atoms with Gasteiger partial charge in [-0.1, -0.05) is 13.8 Å². The quantitative estimate of drug-likeness (QED) is 0.442. The highest BCUT2D eigenvalue weighted by atomic mass is 32.2. The van der Waals surface area contributed by atoms with Gasteiger partial charge in [0.15, 0.2) is 4.91 Å². The van der Waals surface area contributed by atoms with Crippen LogP contribution in [0.5, 0.6) is 0 Å². The van der Waals surface area contributed by atoms with E-state index in [2.05, 4.69) is 5.32 Å². The van der Waals surface area contributed by atoms with Gasteiger partial charge in [-0.05, 0) is 31.3 Å². The minimum absolute atomic E-state index is 0.0574. The van der Waals surface area contributed by atoms with Crippen LogP contribution in [0, 0.1) is 0 Å². The van der Waals surface area contributed by atoms with E-state index in [-0.39, 0.29) is 6.04 Å². The molecule has 0 amide bonds. The summed E-state index contributed by atoms with van der Waals surface area (Å²) >= 11 is -1.44. The fourth-order valence-corrected chi connectivity index (χ4v) is 1.91. The lowest BCUT2D eigenvalue weighted by atomic mass is 10.2. The van der Waals surface area contributed by atoms with Gasteiger partial charge < -0.3 is 15.6 Å². The van der Waals surface area contributed by atoms with Gasteiger partial charge in [0.2, 0.25) is 0 Å². The molecule has 0 saturated heterocycles. The van der Waals surface area contributed by atoms with Crippen LogP contribution in [0.2, 0.25) is 0 Å². The van der Waals surface area contributed by atoms with Crippen molar-refractivity contribution in [3.8, 4) is 0 Å². The SMILES string of the molecule is CCNC(CC)/C(=C\C=C/N)[S+](N)[O-]. The van der Waals surface area contributed by atoms with Gasteiger partial charge in [-0.25, -0.2) is 0 Å². The summed E-state index contributed by atoms with van der Waals surface area (Å²) < 4.78 is 11.2. The van der Waals surface area contributed by atoms with Crippen LogP contribution in [0.4, 0.5) is 0 Å². The highest BCUT2D eigenvalue weighted by Gasteiger charge is 2.20. The van der Waals surface area contributed by atoms with Crippen molar-refractivity contribution in [1.29, 1.82) is 0 Å². The Hall–Kier alpha value is -0.490. The maximum atomic E-state index is 11.2. The number of hydrogen-bond donors (Lipinski definition) is 3. The van der Waals surface area contributed by atoms with E-state index in [1.807, 2.05) is 13.8 Å². The third-order valence-corrected chi connectivity index (χ3v) is 2.69. The number of allylic oxidation sites excluding steroid dienone is 2. The average molecular weight is 217 g/mol. The second-order valence-corrected chi connectivity index (χ2v) is 3.84. The van der Waals surface area contributed by atoms with Gasteiger partial charge in [0, 0.05) is 0 Å². The Morgan fingerprint density at radius 1 is 1.57 bits per heavy atom. The zero-order valence-electron chi connectivity index (χ0n) is 8.69. The van der Waals surface area contributed by atoms with Crippen LogP contribution in [0.3, 0.4) is 0 Å². The molecule has 2 atom stereocenters. The largest absolute Gasteiger partial charge is 0.593 e. The first-order valence-electron chi connectivity index (χ1n) is 4.65. The molecule has 0 bridgehead atoms. The van der Waals surface area contributed by atoms with E-state index in [0.29, 0.717) is 4.91 Å². The maximum absolute atomic E-state index is 11.2. The first-order valence-corrected chi connectivity index (χ1v) is 5.86. The van der Waals surface area contributed by atoms with Crippen LogP contribution in [0.15, 0.2) is 23.3 Å². The number of hydrogen-bond acceptors (Lipinski definition) is 4. The smallest absolute Gasteiger partial charge is 0.167 e. The topological polar surface area (TPSA) is 87.1 Å². The van der Waals surface area contributed by atoms with Crippen molar-refractivity contribution in [2.24, 2.45) is 10.9 Å². The lowest BCUT2D eigenvalue weighted by Crippen LogP contribution is -2.35. The number of rotatable bonds is 6. The molecule has 4 nitrogen and oxygen atoms in total. The van der Waals surface area contributed by atoms with Gasteiger partial charge in [0.05, 0.1) is 17.4 Å². The minimum Gasteiger partial charge on any atom is -0.593 e. The second kappa shape index (κ2) is 7.87. The molecule has 0 aromatic rings. The summed E-state index contributed by atoms with van der Waals surface area (Å²) in [4.78, 5) is 0.677. The van der Waals surface area contributed by atoms with Crippen LogP contribution in [-0.2, 0) is 11.4 Å². The Bertz CT molecular complexity index is 204. The van der Waals surface area contributed by atoms with Crippen molar-refractivity contribution in [2.75, 3.05) is 6.54 Å². The van der Waals surface area contributed by atoms with Gasteiger partial charge in [-0.3, -0.25) is 0 Å². The second-order valence-electron chi connectivity index (χ2n) is 2.77. The third-order valence-electron chi connectivity index (χ3n) is 1.81. The molecule has 5 N–H and O–H groups in total. The van der Waals surface area contributed by atoms with Crippen molar-refractivity contribution < 1.29 is 4.55 Å². The van der Waals surface area contributed by atoms with Gasteiger partial charge >= 0.3 is 0 Å².